The highest BCUT2D eigenvalue weighted by Gasteiger charge is 2.26. The predicted octanol–water partition coefficient (Wildman–Crippen LogP) is 1.84. The molecule has 0 aliphatic carbocycles. The number of hydrogen-bond donors (Lipinski definition) is 2. The molecule has 2 aromatic carbocycles. The van der Waals surface area contributed by atoms with E-state index in [2.05, 4.69) is 10.6 Å². The molecule has 7 heteroatoms. The number of nitrogens with one attached hydrogen (secondary N) is 2. The van der Waals surface area contributed by atoms with Crippen LogP contribution in [0, 0.1) is 0 Å². The SMILES string of the molecule is COc1cc(OC)cc(C(=O)Nc2ccc3c(c2)C(=O)NC3=O)c1. The van der Waals surface area contributed by atoms with Gasteiger partial charge >= 0.3 is 0 Å². The van der Waals surface area contributed by atoms with Crippen molar-refractivity contribution in [1.29, 1.82) is 0 Å². The summed E-state index contributed by atoms with van der Waals surface area (Å²) in [4.78, 5) is 35.6. The van der Waals surface area contributed by atoms with E-state index in [0.717, 1.165) is 0 Å². The molecule has 0 radical (unpaired) electrons. The van der Waals surface area contributed by atoms with E-state index < -0.39 is 17.7 Å². The van der Waals surface area contributed by atoms with Gasteiger partial charge < -0.3 is 14.8 Å². The molecule has 0 fully saturated rings. The molecule has 0 unspecified atom stereocenters. The molecule has 0 bridgehead atoms. The van der Waals surface area contributed by atoms with E-state index in [-0.39, 0.29) is 5.56 Å². The highest BCUT2D eigenvalue weighted by atomic mass is 16.5. The zero-order chi connectivity index (χ0) is 17.3. The van der Waals surface area contributed by atoms with E-state index in [0.29, 0.717) is 28.3 Å². The molecule has 2 aromatic rings. The largest absolute Gasteiger partial charge is 0.497 e. The van der Waals surface area contributed by atoms with Gasteiger partial charge in [0.25, 0.3) is 17.7 Å². The summed E-state index contributed by atoms with van der Waals surface area (Å²) in [6.07, 6.45) is 0. The second kappa shape index (κ2) is 6.04. The summed E-state index contributed by atoms with van der Waals surface area (Å²) in [5.41, 5.74) is 1.28. The third-order valence-electron chi connectivity index (χ3n) is 3.61. The number of methoxy groups -OCH3 is 2. The number of benzene rings is 2. The van der Waals surface area contributed by atoms with Crippen molar-refractivity contribution in [3.05, 3.63) is 53.1 Å². The Morgan fingerprint density at radius 3 is 2.17 bits per heavy atom. The zero-order valence-corrected chi connectivity index (χ0v) is 13.0. The predicted molar refractivity (Wildman–Crippen MR) is 85.7 cm³/mol. The number of carbonyl (C=O) groups is 3. The third kappa shape index (κ3) is 2.79. The topological polar surface area (TPSA) is 93.7 Å². The number of hydrogen-bond acceptors (Lipinski definition) is 5. The molecule has 0 saturated heterocycles. The minimum atomic E-state index is -0.478. The lowest BCUT2D eigenvalue weighted by molar-refractivity contribution is 0.0878. The Labute approximate surface area is 137 Å². The van der Waals surface area contributed by atoms with Gasteiger partial charge in [0.2, 0.25) is 0 Å². The van der Waals surface area contributed by atoms with Crippen molar-refractivity contribution < 1.29 is 23.9 Å². The first-order valence-electron chi connectivity index (χ1n) is 7.06. The Morgan fingerprint density at radius 2 is 1.54 bits per heavy atom. The summed E-state index contributed by atoms with van der Waals surface area (Å²) < 4.78 is 10.3. The van der Waals surface area contributed by atoms with E-state index in [1.165, 1.54) is 26.4 Å². The van der Waals surface area contributed by atoms with Crippen molar-refractivity contribution in [3.8, 4) is 11.5 Å². The minimum Gasteiger partial charge on any atom is -0.497 e. The highest BCUT2D eigenvalue weighted by molar-refractivity contribution is 6.22. The van der Waals surface area contributed by atoms with Crippen LogP contribution in [0.4, 0.5) is 5.69 Å². The monoisotopic (exact) mass is 326 g/mol. The van der Waals surface area contributed by atoms with Crippen molar-refractivity contribution >= 4 is 23.4 Å². The van der Waals surface area contributed by atoms with Crippen LogP contribution in [-0.4, -0.2) is 31.9 Å². The van der Waals surface area contributed by atoms with Crippen molar-refractivity contribution in [3.63, 3.8) is 0 Å². The van der Waals surface area contributed by atoms with Crippen LogP contribution in [0.5, 0.6) is 11.5 Å². The standard InChI is InChI=1S/C17H14N2O5/c1-23-11-5-9(6-12(8-11)24-2)15(20)18-10-3-4-13-14(7-10)17(22)19-16(13)21/h3-8H,1-2H3,(H,18,20)(H,19,21,22). The molecular weight excluding hydrogens is 312 g/mol. The van der Waals surface area contributed by atoms with Crippen molar-refractivity contribution in [1.82, 2.24) is 5.32 Å². The lowest BCUT2D eigenvalue weighted by Crippen LogP contribution is -2.19. The van der Waals surface area contributed by atoms with Gasteiger partial charge in [0.15, 0.2) is 0 Å². The van der Waals surface area contributed by atoms with Gasteiger partial charge in [-0.05, 0) is 30.3 Å². The molecule has 1 aliphatic rings. The first-order chi connectivity index (χ1) is 11.5. The van der Waals surface area contributed by atoms with E-state index in [4.69, 9.17) is 9.47 Å². The summed E-state index contributed by atoms with van der Waals surface area (Å²) in [6.45, 7) is 0. The van der Waals surface area contributed by atoms with Gasteiger partial charge in [0.1, 0.15) is 11.5 Å². The van der Waals surface area contributed by atoms with Gasteiger partial charge in [-0.3, -0.25) is 19.7 Å². The molecule has 24 heavy (non-hydrogen) atoms. The van der Waals surface area contributed by atoms with Gasteiger partial charge in [0, 0.05) is 17.3 Å². The smallest absolute Gasteiger partial charge is 0.259 e. The van der Waals surface area contributed by atoms with Crippen LogP contribution in [0.1, 0.15) is 31.1 Å². The quantitative estimate of drug-likeness (QED) is 0.836. The molecule has 122 valence electrons. The van der Waals surface area contributed by atoms with Crippen LogP contribution in [0.2, 0.25) is 0 Å². The lowest BCUT2D eigenvalue weighted by atomic mass is 10.1. The summed E-state index contributed by atoms with van der Waals surface area (Å²) in [7, 11) is 2.99. The molecule has 1 aliphatic heterocycles. The number of ether oxygens (including phenoxy) is 2. The Bertz CT molecular complexity index is 838. The van der Waals surface area contributed by atoms with Crippen LogP contribution in [-0.2, 0) is 0 Å². The normalized spacial score (nSPS) is 12.4. The van der Waals surface area contributed by atoms with Crippen molar-refractivity contribution in [2.75, 3.05) is 19.5 Å². The summed E-state index contributed by atoms with van der Waals surface area (Å²) in [5, 5.41) is 4.89. The van der Waals surface area contributed by atoms with Gasteiger partial charge in [-0.25, -0.2) is 0 Å². The average Bonchev–Trinajstić information content (AvgIpc) is 2.88. The van der Waals surface area contributed by atoms with Crippen LogP contribution >= 0.6 is 0 Å². The van der Waals surface area contributed by atoms with Gasteiger partial charge in [-0.2, -0.15) is 0 Å². The Kier molecular flexibility index (Phi) is 3.91. The Morgan fingerprint density at radius 1 is 0.917 bits per heavy atom. The number of carbonyl (C=O) groups excluding carboxylic acids is 3. The number of anilines is 1. The van der Waals surface area contributed by atoms with Crippen LogP contribution in [0.15, 0.2) is 36.4 Å². The van der Waals surface area contributed by atoms with Crippen LogP contribution in [0.3, 0.4) is 0 Å². The second-order valence-corrected chi connectivity index (χ2v) is 5.10. The molecule has 3 rings (SSSR count). The number of imide groups is 1. The van der Waals surface area contributed by atoms with Gasteiger partial charge in [0.05, 0.1) is 25.3 Å². The fourth-order valence-electron chi connectivity index (χ4n) is 2.39. The molecule has 7 nitrogen and oxygen atoms in total. The summed E-state index contributed by atoms with van der Waals surface area (Å²) in [5.74, 6) is -0.340. The molecule has 1 heterocycles. The van der Waals surface area contributed by atoms with Crippen molar-refractivity contribution in [2.45, 2.75) is 0 Å². The fourth-order valence-corrected chi connectivity index (χ4v) is 2.39. The Balaban J connectivity index is 1.87. The fraction of sp³-hybridized carbons (Fsp3) is 0.118. The van der Waals surface area contributed by atoms with E-state index >= 15 is 0 Å². The maximum atomic E-state index is 12.4. The molecule has 3 amide bonds. The van der Waals surface area contributed by atoms with E-state index in [1.54, 1.807) is 24.3 Å². The first kappa shape index (κ1) is 15.5. The summed E-state index contributed by atoms with van der Waals surface area (Å²) >= 11 is 0. The van der Waals surface area contributed by atoms with E-state index in [9.17, 15) is 14.4 Å². The first-order valence-corrected chi connectivity index (χ1v) is 7.06. The maximum absolute atomic E-state index is 12.4. The van der Waals surface area contributed by atoms with E-state index in [1.807, 2.05) is 0 Å². The molecule has 0 spiro atoms. The van der Waals surface area contributed by atoms with Crippen LogP contribution in [0.25, 0.3) is 0 Å². The van der Waals surface area contributed by atoms with Gasteiger partial charge in [-0.1, -0.05) is 0 Å². The lowest BCUT2D eigenvalue weighted by Gasteiger charge is -2.09. The number of rotatable bonds is 4. The molecule has 2 N–H and O–H groups in total. The third-order valence-corrected chi connectivity index (χ3v) is 3.61. The second-order valence-electron chi connectivity index (χ2n) is 5.10. The maximum Gasteiger partial charge on any atom is 0.259 e. The van der Waals surface area contributed by atoms with Crippen molar-refractivity contribution in [2.24, 2.45) is 0 Å². The van der Waals surface area contributed by atoms with Gasteiger partial charge in [-0.15, -0.1) is 0 Å². The average molecular weight is 326 g/mol. The van der Waals surface area contributed by atoms with Crippen LogP contribution < -0.4 is 20.1 Å². The molecule has 0 aromatic heterocycles. The minimum absolute atomic E-state index is 0.237. The summed E-state index contributed by atoms with van der Waals surface area (Å²) in [6, 6.07) is 9.32. The molecule has 0 saturated carbocycles. The molecule has 0 atom stereocenters. The Hall–Kier alpha value is -3.35. The molecular formula is C17H14N2O5. The highest BCUT2D eigenvalue weighted by Crippen LogP contribution is 2.24. The number of fused-ring (bicyclic) bond motifs is 1. The zero-order valence-electron chi connectivity index (χ0n) is 13.0. The number of amides is 3.